The van der Waals surface area contributed by atoms with Crippen LogP contribution in [0, 0.1) is 6.92 Å². The fraction of sp³-hybridized carbons (Fsp3) is 0.368. The van der Waals surface area contributed by atoms with Gasteiger partial charge in [0.1, 0.15) is 11.3 Å². The average molecular weight is 352 g/mol. The zero-order valence-corrected chi connectivity index (χ0v) is 15.4. The second-order valence-corrected chi connectivity index (χ2v) is 7.74. The van der Waals surface area contributed by atoms with Crippen molar-refractivity contribution in [3.63, 3.8) is 0 Å². The van der Waals surface area contributed by atoms with Gasteiger partial charge < -0.3 is 4.79 Å². The number of carbonyl (C=O) groups excluding carboxylic acids is 1. The van der Waals surface area contributed by atoms with E-state index in [4.69, 9.17) is 5.10 Å². The number of rotatable bonds is 4. The second kappa shape index (κ2) is 6.19. The molecule has 4 rings (SSSR count). The molecule has 0 spiro atoms. The molecule has 0 bridgehead atoms. The molecular weight excluding hydrogens is 332 g/mol. The van der Waals surface area contributed by atoms with Gasteiger partial charge in [-0.25, -0.2) is 4.98 Å². The molecule has 5 nitrogen and oxygen atoms in total. The first kappa shape index (κ1) is 16.1. The number of aldehydes is 1. The van der Waals surface area contributed by atoms with E-state index < -0.39 is 0 Å². The van der Waals surface area contributed by atoms with Crippen LogP contribution >= 0.6 is 11.3 Å². The van der Waals surface area contributed by atoms with Crippen LogP contribution in [0.2, 0.25) is 0 Å². The van der Waals surface area contributed by atoms with Gasteiger partial charge in [0.15, 0.2) is 0 Å². The maximum atomic E-state index is 10.9. The molecule has 0 aliphatic heterocycles. The van der Waals surface area contributed by atoms with Crippen molar-refractivity contribution in [2.45, 2.75) is 46.1 Å². The third kappa shape index (κ3) is 2.70. The molecule has 3 heterocycles. The number of hydrogen-bond donors (Lipinski definition) is 0. The molecule has 0 unspecified atom stereocenters. The molecule has 128 valence electrons. The predicted octanol–water partition coefficient (Wildman–Crippen LogP) is 3.80. The summed E-state index contributed by atoms with van der Waals surface area (Å²) in [4.78, 5) is 21.1. The van der Waals surface area contributed by atoms with Gasteiger partial charge in [-0.3, -0.25) is 9.67 Å². The minimum Gasteiger partial charge on any atom is -0.303 e. The molecule has 1 aliphatic carbocycles. The summed E-state index contributed by atoms with van der Waals surface area (Å²) in [5.74, 6) is 0. The zero-order chi connectivity index (χ0) is 17.6. The largest absolute Gasteiger partial charge is 0.303 e. The topological polar surface area (TPSA) is 60.7 Å². The third-order valence-corrected chi connectivity index (χ3v) is 5.64. The molecule has 0 N–H and O–H groups in total. The van der Waals surface area contributed by atoms with E-state index in [-0.39, 0.29) is 6.04 Å². The van der Waals surface area contributed by atoms with Crippen molar-refractivity contribution >= 4 is 17.6 Å². The van der Waals surface area contributed by atoms with E-state index in [1.165, 1.54) is 16.1 Å². The number of hydrogen-bond acceptors (Lipinski definition) is 5. The van der Waals surface area contributed by atoms with Gasteiger partial charge in [0.25, 0.3) is 0 Å². The Bertz CT molecular complexity index is 937. The van der Waals surface area contributed by atoms with Crippen molar-refractivity contribution in [2.75, 3.05) is 0 Å². The van der Waals surface area contributed by atoms with Crippen LogP contribution in [0.15, 0.2) is 18.3 Å². The predicted molar refractivity (Wildman–Crippen MR) is 98.9 cm³/mol. The third-order valence-electron chi connectivity index (χ3n) is 4.51. The second-order valence-electron chi connectivity index (χ2n) is 6.66. The molecule has 0 saturated heterocycles. The quantitative estimate of drug-likeness (QED) is 0.670. The Kier molecular flexibility index (Phi) is 4.00. The van der Waals surface area contributed by atoms with E-state index in [0.717, 1.165) is 46.8 Å². The van der Waals surface area contributed by atoms with E-state index in [1.54, 1.807) is 11.3 Å². The van der Waals surface area contributed by atoms with E-state index in [1.807, 2.05) is 19.2 Å². The van der Waals surface area contributed by atoms with Gasteiger partial charge in [-0.2, -0.15) is 5.10 Å². The summed E-state index contributed by atoms with van der Waals surface area (Å²) < 4.78 is 2.10. The lowest BCUT2D eigenvalue weighted by Crippen LogP contribution is -2.08. The van der Waals surface area contributed by atoms with Crippen molar-refractivity contribution in [1.82, 2.24) is 19.7 Å². The summed E-state index contributed by atoms with van der Waals surface area (Å²) in [6.07, 6.45) is 5.03. The summed E-state index contributed by atoms with van der Waals surface area (Å²) in [7, 11) is 0. The first-order chi connectivity index (χ1) is 12.1. The van der Waals surface area contributed by atoms with Crippen LogP contribution in [0.25, 0.3) is 21.8 Å². The van der Waals surface area contributed by atoms with E-state index in [2.05, 4.69) is 34.6 Å². The average Bonchev–Trinajstić information content (AvgIpc) is 3.16. The normalized spacial score (nSPS) is 13.0. The molecule has 0 amide bonds. The number of aryl methyl sites for hydroxylation is 2. The maximum absolute atomic E-state index is 10.9. The SMILES string of the molecule is Cc1ccc(-c2nn(C(C)C)c3c2CCc2nc(CC=O)sc2-3)cn1. The standard InChI is InChI=1S/C19H20N4OS/c1-11(2)23-18-14(17(22-23)13-5-4-12(3)20-10-13)6-7-15-19(18)25-16(21-15)8-9-24/h4-5,9-11H,6-8H2,1-3H3. The molecule has 3 aromatic heterocycles. The Labute approximate surface area is 150 Å². The fourth-order valence-electron chi connectivity index (χ4n) is 3.32. The van der Waals surface area contributed by atoms with Gasteiger partial charge in [-0.15, -0.1) is 11.3 Å². The number of nitrogens with zero attached hydrogens (tertiary/aromatic N) is 4. The molecule has 1 aliphatic rings. The molecule has 0 atom stereocenters. The molecule has 0 radical (unpaired) electrons. The molecule has 25 heavy (non-hydrogen) atoms. The fourth-order valence-corrected chi connectivity index (χ4v) is 4.44. The van der Waals surface area contributed by atoms with Crippen LogP contribution < -0.4 is 0 Å². The lowest BCUT2D eigenvalue weighted by molar-refractivity contribution is -0.107. The number of aromatic nitrogens is 4. The monoisotopic (exact) mass is 352 g/mol. The molecule has 6 heteroatoms. The van der Waals surface area contributed by atoms with Crippen LogP contribution in [0.5, 0.6) is 0 Å². The first-order valence-corrected chi connectivity index (χ1v) is 9.37. The minimum atomic E-state index is 0.253. The number of pyridine rings is 1. The lowest BCUT2D eigenvalue weighted by atomic mass is 9.95. The summed E-state index contributed by atoms with van der Waals surface area (Å²) in [6.45, 7) is 6.28. The van der Waals surface area contributed by atoms with Crippen LogP contribution in [0.1, 0.15) is 41.8 Å². The Morgan fingerprint density at radius 3 is 2.84 bits per heavy atom. The molecule has 0 saturated carbocycles. The van der Waals surface area contributed by atoms with E-state index in [9.17, 15) is 4.79 Å². The Hall–Kier alpha value is -2.34. The summed E-state index contributed by atoms with van der Waals surface area (Å²) in [5, 5.41) is 5.82. The minimum absolute atomic E-state index is 0.253. The number of thiazole rings is 1. The van der Waals surface area contributed by atoms with Gasteiger partial charge in [0, 0.05) is 29.1 Å². The van der Waals surface area contributed by atoms with Gasteiger partial charge in [0.2, 0.25) is 0 Å². The highest BCUT2D eigenvalue weighted by Crippen LogP contribution is 2.42. The van der Waals surface area contributed by atoms with Gasteiger partial charge in [0.05, 0.1) is 28.4 Å². The molecular formula is C19H20N4OS. The number of fused-ring (bicyclic) bond motifs is 3. The smallest absolute Gasteiger partial charge is 0.126 e. The van der Waals surface area contributed by atoms with Crippen molar-refractivity contribution in [1.29, 1.82) is 0 Å². The van der Waals surface area contributed by atoms with Gasteiger partial charge in [-0.1, -0.05) is 0 Å². The van der Waals surface area contributed by atoms with Crippen LogP contribution in [-0.4, -0.2) is 26.0 Å². The van der Waals surface area contributed by atoms with E-state index >= 15 is 0 Å². The maximum Gasteiger partial charge on any atom is 0.126 e. The van der Waals surface area contributed by atoms with E-state index in [0.29, 0.717) is 6.42 Å². The summed E-state index contributed by atoms with van der Waals surface area (Å²) >= 11 is 1.63. The zero-order valence-electron chi connectivity index (χ0n) is 14.6. The van der Waals surface area contributed by atoms with Crippen LogP contribution in [0.4, 0.5) is 0 Å². The van der Waals surface area contributed by atoms with Crippen molar-refractivity contribution in [2.24, 2.45) is 0 Å². The van der Waals surface area contributed by atoms with Gasteiger partial charge in [-0.05, 0) is 45.7 Å². The molecule has 0 fully saturated rings. The Morgan fingerprint density at radius 1 is 1.32 bits per heavy atom. The van der Waals surface area contributed by atoms with Gasteiger partial charge >= 0.3 is 0 Å². The van der Waals surface area contributed by atoms with Crippen molar-refractivity contribution in [3.05, 3.63) is 40.3 Å². The molecule has 3 aromatic rings. The highest BCUT2D eigenvalue weighted by molar-refractivity contribution is 7.15. The van der Waals surface area contributed by atoms with Crippen molar-refractivity contribution in [3.8, 4) is 21.8 Å². The highest BCUT2D eigenvalue weighted by atomic mass is 32.1. The van der Waals surface area contributed by atoms with Crippen LogP contribution in [0.3, 0.4) is 0 Å². The van der Waals surface area contributed by atoms with Crippen molar-refractivity contribution < 1.29 is 4.79 Å². The highest BCUT2D eigenvalue weighted by Gasteiger charge is 2.29. The molecule has 0 aromatic carbocycles. The summed E-state index contributed by atoms with van der Waals surface area (Å²) in [6, 6.07) is 4.37. The Morgan fingerprint density at radius 2 is 2.16 bits per heavy atom. The first-order valence-electron chi connectivity index (χ1n) is 8.55. The lowest BCUT2D eigenvalue weighted by Gasteiger charge is -2.16. The van der Waals surface area contributed by atoms with Crippen LogP contribution in [-0.2, 0) is 24.1 Å². The Balaban J connectivity index is 1.91. The summed E-state index contributed by atoms with van der Waals surface area (Å²) in [5.41, 5.74) is 6.62. The number of carbonyl (C=O) groups is 1.